The number of thiazole rings is 1. The van der Waals surface area contributed by atoms with E-state index in [-0.39, 0.29) is 5.41 Å². The number of rotatable bonds is 3. The van der Waals surface area contributed by atoms with E-state index in [0.717, 1.165) is 22.0 Å². The van der Waals surface area contributed by atoms with Crippen molar-refractivity contribution in [2.24, 2.45) is 0 Å². The molecule has 0 saturated carbocycles. The van der Waals surface area contributed by atoms with Gasteiger partial charge in [-0.2, -0.15) is 0 Å². The molecule has 0 radical (unpaired) electrons. The van der Waals surface area contributed by atoms with Gasteiger partial charge >= 0.3 is 0 Å². The van der Waals surface area contributed by atoms with Crippen molar-refractivity contribution in [3.8, 4) is 0 Å². The lowest BCUT2D eigenvalue weighted by molar-refractivity contribution is 0.584. The van der Waals surface area contributed by atoms with Gasteiger partial charge in [0, 0.05) is 27.1 Å². The highest BCUT2D eigenvalue weighted by molar-refractivity contribution is 7.98. The minimum absolute atomic E-state index is 0.135. The SMILES string of the molecule is Cc1ccc(N)c(SCc2csc(C(C)(C)C)n2)c1. The van der Waals surface area contributed by atoms with Gasteiger partial charge in [0.25, 0.3) is 0 Å². The largest absolute Gasteiger partial charge is 0.398 e. The maximum Gasteiger partial charge on any atom is 0.0982 e. The van der Waals surface area contributed by atoms with Crippen molar-refractivity contribution in [1.82, 2.24) is 4.98 Å². The fraction of sp³-hybridized carbons (Fsp3) is 0.400. The first-order valence-corrected chi connectivity index (χ1v) is 8.16. The quantitative estimate of drug-likeness (QED) is 0.662. The maximum atomic E-state index is 5.99. The lowest BCUT2D eigenvalue weighted by Gasteiger charge is -2.13. The molecule has 102 valence electrons. The van der Waals surface area contributed by atoms with Crippen LogP contribution in [0, 0.1) is 6.92 Å². The van der Waals surface area contributed by atoms with E-state index < -0.39 is 0 Å². The molecule has 19 heavy (non-hydrogen) atoms. The number of nitrogens with zero attached hydrogens (tertiary/aromatic N) is 1. The van der Waals surface area contributed by atoms with Crippen LogP contribution in [-0.2, 0) is 11.2 Å². The highest BCUT2D eigenvalue weighted by atomic mass is 32.2. The number of benzene rings is 1. The molecule has 2 N–H and O–H groups in total. The van der Waals surface area contributed by atoms with Gasteiger partial charge in [-0.1, -0.05) is 26.8 Å². The average Bonchev–Trinajstić information content (AvgIpc) is 2.79. The summed E-state index contributed by atoms with van der Waals surface area (Å²) in [6.07, 6.45) is 0. The molecule has 0 aliphatic heterocycles. The first kappa shape index (κ1) is 14.4. The minimum Gasteiger partial charge on any atom is -0.398 e. The first-order chi connectivity index (χ1) is 8.86. The number of nitrogens with two attached hydrogens (primary N) is 1. The minimum atomic E-state index is 0.135. The fourth-order valence-corrected chi connectivity index (χ4v) is 3.60. The Morgan fingerprint density at radius 2 is 2.05 bits per heavy atom. The van der Waals surface area contributed by atoms with Gasteiger partial charge in [-0.15, -0.1) is 23.1 Å². The van der Waals surface area contributed by atoms with Crippen molar-refractivity contribution in [2.75, 3.05) is 5.73 Å². The number of thioether (sulfide) groups is 1. The van der Waals surface area contributed by atoms with Crippen molar-refractivity contribution in [3.05, 3.63) is 39.8 Å². The van der Waals surface area contributed by atoms with Crippen LogP contribution in [0.2, 0.25) is 0 Å². The van der Waals surface area contributed by atoms with E-state index in [1.807, 2.05) is 12.1 Å². The molecule has 2 rings (SSSR count). The summed E-state index contributed by atoms with van der Waals surface area (Å²) in [7, 11) is 0. The summed E-state index contributed by atoms with van der Waals surface area (Å²) in [6.45, 7) is 8.67. The Kier molecular flexibility index (Phi) is 4.21. The molecule has 1 heterocycles. The predicted octanol–water partition coefficient (Wildman–Crippen LogP) is 4.62. The lowest BCUT2D eigenvalue weighted by atomic mass is 9.98. The lowest BCUT2D eigenvalue weighted by Crippen LogP contribution is -2.10. The van der Waals surface area contributed by atoms with Gasteiger partial charge in [0.15, 0.2) is 0 Å². The highest BCUT2D eigenvalue weighted by Gasteiger charge is 2.17. The summed E-state index contributed by atoms with van der Waals surface area (Å²) < 4.78 is 0. The molecule has 0 bridgehead atoms. The van der Waals surface area contributed by atoms with Crippen molar-refractivity contribution >= 4 is 28.8 Å². The van der Waals surface area contributed by atoms with Crippen LogP contribution in [0.3, 0.4) is 0 Å². The van der Waals surface area contributed by atoms with Crippen LogP contribution in [0.4, 0.5) is 5.69 Å². The topological polar surface area (TPSA) is 38.9 Å². The van der Waals surface area contributed by atoms with Crippen molar-refractivity contribution in [3.63, 3.8) is 0 Å². The fourth-order valence-electron chi connectivity index (χ4n) is 1.64. The second kappa shape index (κ2) is 5.55. The average molecular weight is 292 g/mol. The molecular formula is C15H20N2S2. The van der Waals surface area contributed by atoms with E-state index in [0.29, 0.717) is 0 Å². The highest BCUT2D eigenvalue weighted by Crippen LogP contribution is 2.31. The molecule has 4 heteroatoms. The molecule has 1 aromatic carbocycles. The standard InChI is InChI=1S/C15H20N2S2/c1-10-5-6-12(16)13(7-10)18-8-11-9-19-14(17-11)15(2,3)4/h5-7,9H,8,16H2,1-4H3. The summed E-state index contributed by atoms with van der Waals surface area (Å²) >= 11 is 3.50. The summed E-state index contributed by atoms with van der Waals surface area (Å²) in [5.74, 6) is 0.875. The Bertz CT molecular complexity index is 568. The molecular weight excluding hydrogens is 272 g/mol. The monoisotopic (exact) mass is 292 g/mol. The van der Waals surface area contributed by atoms with Crippen LogP contribution in [0.25, 0.3) is 0 Å². The van der Waals surface area contributed by atoms with Crippen molar-refractivity contribution in [2.45, 2.75) is 43.8 Å². The number of aromatic nitrogens is 1. The van der Waals surface area contributed by atoms with Gasteiger partial charge in [0.2, 0.25) is 0 Å². The van der Waals surface area contributed by atoms with Crippen LogP contribution in [0.5, 0.6) is 0 Å². The maximum absolute atomic E-state index is 5.99. The van der Waals surface area contributed by atoms with E-state index in [2.05, 4.69) is 39.1 Å². The Balaban J connectivity index is 2.06. The van der Waals surface area contributed by atoms with Crippen molar-refractivity contribution in [1.29, 1.82) is 0 Å². The molecule has 0 fully saturated rings. The molecule has 0 atom stereocenters. The number of nitrogen functional groups attached to an aromatic ring is 1. The van der Waals surface area contributed by atoms with Crippen LogP contribution < -0.4 is 5.73 Å². The van der Waals surface area contributed by atoms with Gasteiger partial charge in [-0.25, -0.2) is 4.98 Å². The summed E-state index contributed by atoms with van der Waals surface area (Å²) in [5, 5.41) is 3.35. The second-order valence-electron chi connectivity index (χ2n) is 5.72. The van der Waals surface area contributed by atoms with E-state index in [9.17, 15) is 0 Å². The van der Waals surface area contributed by atoms with E-state index in [4.69, 9.17) is 10.7 Å². The molecule has 1 aromatic heterocycles. The predicted molar refractivity (Wildman–Crippen MR) is 86.0 cm³/mol. The first-order valence-electron chi connectivity index (χ1n) is 6.30. The molecule has 0 amide bonds. The Labute approximate surface area is 123 Å². The number of hydrogen-bond acceptors (Lipinski definition) is 4. The second-order valence-corrected chi connectivity index (χ2v) is 7.60. The van der Waals surface area contributed by atoms with E-state index in [1.165, 1.54) is 10.6 Å². The molecule has 0 unspecified atom stereocenters. The molecule has 0 spiro atoms. The normalized spacial score (nSPS) is 11.8. The van der Waals surface area contributed by atoms with Gasteiger partial charge in [0.05, 0.1) is 10.7 Å². The molecule has 0 aliphatic rings. The van der Waals surface area contributed by atoms with E-state index >= 15 is 0 Å². The third-order valence-electron chi connectivity index (χ3n) is 2.74. The zero-order valence-electron chi connectivity index (χ0n) is 11.9. The van der Waals surface area contributed by atoms with Crippen LogP contribution >= 0.6 is 23.1 Å². The molecule has 2 nitrogen and oxygen atoms in total. The van der Waals surface area contributed by atoms with Crippen LogP contribution in [0.1, 0.15) is 37.0 Å². The molecule has 0 saturated heterocycles. The smallest absolute Gasteiger partial charge is 0.0982 e. The van der Waals surface area contributed by atoms with Crippen LogP contribution in [-0.4, -0.2) is 4.98 Å². The number of anilines is 1. The third kappa shape index (κ3) is 3.74. The zero-order chi connectivity index (χ0) is 14.0. The van der Waals surface area contributed by atoms with Gasteiger partial charge in [-0.3, -0.25) is 0 Å². The zero-order valence-corrected chi connectivity index (χ0v) is 13.5. The van der Waals surface area contributed by atoms with Crippen LogP contribution in [0.15, 0.2) is 28.5 Å². The summed E-state index contributed by atoms with van der Waals surface area (Å²) in [5.41, 5.74) is 9.35. The Hall–Kier alpha value is -1.00. The van der Waals surface area contributed by atoms with Crippen molar-refractivity contribution < 1.29 is 0 Å². The Morgan fingerprint density at radius 1 is 1.32 bits per heavy atom. The van der Waals surface area contributed by atoms with Gasteiger partial charge in [-0.05, 0) is 24.6 Å². The summed E-state index contributed by atoms with van der Waals surface area (Å²) in [6, 6.07) is 6.15. The molecule has 2 aromatic rings. The Morgan fingerprint density at radius 3 is 2.68 bits per heavy atom. The number of hydrogen-bond donors (Lipinski definition) is 1. The summed E-state index contributed by atoms with van der Waals surface area (Å²) in [4.78, 5) is 5.85. The van der Waals surface area contributed by atoms with Gasteiger partial charge < -0.3 is 5.73 Å². The van der Waals surface area contributed by atoms with E-state index in [1.54, 1.807) is 23.1 Å². The van der Waals surface area contributed by atoms with Gasteiger partial charge in [0.1, 0.15) is 0 Å². The number of aryl methyl sites for hydroxylation is 1. The molecule has 0 aliphatic carbocycles. The third-order valence-corrected chi connectivity index (χ3v) is 5.16.